The lowest BCUT2D eigenvalue weighted by Crippen LogP contribution is -2.13. The molecule has 0 radical (unpaired) electrons. The first-order chi connectivity index (χ1) is 11.6. The van der Waals surface area contributed by atoms with E-state index in [2.05, 4.69) is 6.58 Å². The van der Waals surface area contributed by atoms with Crippen molar-refractivity contribution in [3.63, 3.8) is 0 Å². The van der Waals surface area contributed by atoms with Crippen LogP contribution in [0.1, 0.15) is 49.2 Å². The largest absolute Gasteiger partial charge is 0.294 e. The van der Waals surface area contributed by atoms with E-state index in [0.29, 0.717) is 5.57 Å². The first-order valence-electron chi connectivity index (χ1n) is 7.73. The summed E-state index contributed by atoms with van der Waals surface area (Å²) in [7, 11) is 0. The molecule has 0 atom stereocenters. The van der Waals surface area contributed by atoms with Gasteiger partial charge in [-0.15, -0.1) is 0 Å². The lowest BCUT2D eigenvalue weighted by atomic mass is 9.92. The molecule has 0 amide bonds. The Balaban J connectivity index is 3.56. The molecule has 1 aromatic rings. The Labute approximate surface area is 146 Å². The van der Waals surface area contributed by atoms with Crippen molar-refractivity contribution in [1.82, 2.24) is 0 Å². The zero-order valence-electron chi connectivity index (χ0n) is 14.7. The third-order valence-electron chi connectivity index (χ3n) is 3.66. The second kappa shape index (κ2) is 7.98. The molecule has 0 bridgehead atoms. The SMILES string of the molecule is C=C/C(=C\C(=C/C)c1cc(F)c(C(=O)C(C)C)c(C#N)c1)C(C)(F)F. The van der Waals surface area contributed by atoms with E-state index in [4.69, 9.17) is 0 Å². The summed E-state index contributed by atoms with van der Waals surface area (Å²) < 4.78 is 41.6. The second-order valence-electron chi connectivity index (χ2n) is 5.95. The molecule has 1 aromatic carbocycles. The Morgan fingerprint density at radius 2 is 1.96 bits per heavy atom. The predicted octanol–water partition coefficient (Wildman–Crippen LogP) is 5.71. The van der Waals surface area contributed by atoms with Gasteiger partial charge in [0, 0.05) is 18.4 Å². The van der Waals surface area contributed by atoms with Crippen molar-refractivity contribution in [2.45, 2.75) is 33.6 Å². The van der Waals surface area contributed by atoms with Crippen LogP contribution in [0.3, 0.4) is 0 Å². The van der Waals surface area contributed by atoms with Gasteiger partial charge in [0.15, 0.2) is 5.78 Å². The number of benzene rings is 1. The summed E-state index contributed by atoms with van der Waals surface area (Å²) in [5.41, 5.74) is -0.187. The van der Waals surface area contributed by atoms with Crippen LogP contribution in [0.5, 0.6) is 0 Å². The van der Waals surface area contributed by atoms with Gasteiger partial charge in [-0.1, -0.05) is 32.6 Å². The van der Waals surface area contributed by atoms with Crippen molar-refractivity contribution in [3.05, 3.63) is 65.0 Å². The number of rotatable bonds is 6. The molecule has 0 saturated carbocycles. The highest BCUT2D eigenvalue weighted by Gasteiger charge is 2.26. The summed E-state index contributed by atoms with van der Waals surface area (Å²) in [6, 6.07) is 4.22. The van der Waals surface area contributed by atoms with E-state index in [1.54, 1.807) is 20.8 Å². The number of allylic oxidation sites excluding steroid dienone is 5. The molecule has 0 aliphatic carbocycles. The average molecular weight is 347 g/mol. The molecule has 132 valence electrons. The lowest BCUT2D eigenvalue weighted by molar-refractivity contribution is 0.0676. The van der Waals surface area contributed by atoms with Gasteiger partial charge in [-0.05, 0) is 36.3 Å². The van der Waals surface area contributed by atoms with Crippen molar-refractivity contribution in [3.8, 4) is 6.07 Å². The molecule has 0 saturated heterocycles. The number of ketones is 1. The van der Waals surface area contributed by atoms with Crippen LogP contribution in [0.2, 0.25) is 0 Å². The highest BCUT2D eigenvalue weighted by atomic mass is 19.3. The Kier molecular flexibility index (Phi) is 6.52. The highest BCUT2D eigenvalue weighted by Crippen LogP contribution is 2.30. The van der Waals surface area contributed by atoms with Crippen LogP contribution in [0.25, 0.3) is 5.57 Å². The molecule has 1 rings (SSSR count). The fraction of sp³-hybridized carbons (Fsp3) is 0.300. The van der Waals surface area contributed by atoms with Gasteiger partial charge in [-0.2, -0.15) is 5.26 Å². The number of Topliss-reactive ketones (excluding diaryl/α,β-unsaturated/α-hetero) is 1. The van der Waals surface area contributed by atoms with E-state index in [-0.39, 0.29) is 22.3 Å². The lowest BCUT2D eigenvalue weighted by Gasteiger charge is -2.14. The molecule has 2 nitrogen and oxygen atoms in total. The Hall–Kier alpha value is -2.61. The molecule has 0 spiro atoms. The fourth-order valence-corrected chi connectivity index (χ4v) is 2.27. The van der Waals surface area contributed by atoms with Gasteiger partial charge in [0.1, 0.15) is 11.9 Å². The summed E-state index contributed by atoms with van der Waals surface area (Å²) in [5.74, 6) is -4.91. The number of hydrogen-bond acceptors (Lipinski definition) is 2. The molecule has 0 N–H and O–H groups in total. The normalized spacial score (nSPS) is 12.9. The third kappa shape index (κ3) is 4.69. The summed E-state index contributed by atoms with van der Waals surface area (Å²) in [5, 5.41) is 9.27. The number of carbonyl (C=O) groups is 1. The van der Waals surface area contributed by atoms with Gasteiger partial charge in [0.2, 0.25) is 0 Å². The van der Waals surface area contributed by atoms with Crippen molar-refractivity contribution in [1.29, 1.82) is 5.26 Å². The van der Waals surface area contributed by atoms with E-state index < -0.39 is 23.4 Å². The minimum absolute atomic E-state index is 0.120. The van der Waals surface area contributed by atoms with Gasteiger partial charge in [-0.3, -0.25) is 4.79 Å². The number of hydrogen-bond donors (Lipinski definition) is 0. The summed E-state index contributed by atoms with van der Waals surface area (Å²) in [6.45, 7) is 8.93. The van der Waals surface area contributed by atoms with E-state index in [0.717, 1.165) is 19.1 Å². The monoisotopic (exact) mass is 347 g/mol. The molecule has 0 fully saturated rings. The molecule has 0 heterocycles. The maximum Gasteiger partial charge on any atom is 0.270 e. The van der Waals surface area contributed by atoms with E-state index >= 15 is 0 Å². The molecule has 25 heavy (non-hydrogen) atoms. The summed E-state index contributed by atoms with van der Waals surface area (Å²) in [6.07, 6.45) is 3.74. The quantitative estimate of drug-likeness (QED) is 0.489. The topological polar surface area (TPSA) is 40.9 Å². The molecule has 5 heteroatoms. The van der Waals surface area contributed by atoms with Gasteiger partial charge >= 0.3 is 0 Å². The minimum Gasteiger partial charge on any atom is -0.294 e. The van der Waals surface area contributed by atoms with Crippen LogP contribution >= 0.6 is 0 Å². The van der Waals surface area contributed by atoms with Gasteiger partial charge in [-0.25, -0.2) is 13.2 Å². The van der Waals surface area contributed by atoms with Crippen LogP contribution in [0.4, 0.5) is 13.2 Å². The van der Waals surface area contributed by atoms with Crippen molar-refractivity contribution in [2.75, 3.05) is 0 Å². The first-order valence-corrected chi connectivity index (χ1v) is 7.73. The zero-order valence-corrected chi connectivity index (χ0v) is 14.7. The second-order valence-corrected chi connectivity index (χ2v) is 5.95. The van der Waals surface area contributed by atoms with Crippen LogP contribution < -0.4 is 0 Å². The van der Waals surface area contributed by atoms with Crippen LogP contribution in [0.15, 0.2) is 42.5 Å². The molecular formula is C20H20F3NO. The average Bonchev–Trinajstić information content (AvgIpc) is 2.53. The maximum absolute atomic E-state index is 14.5. The van der Waals surface area contributed by atoms with E-state index in [1.165, 1.54) is 18.2 Å². The molecule has 0 aromatic heterocycles. The van der Waals surface area contributed by atoms with Crippen LogP contribution in [0, 0.1) is 23.1 Å². The number of alkyl halides is 2. The number of carbonyl (C=O) groups excluding carboxylic acids is 1. The van der Waals surface area contributed by atoms with Crippen molar-refractivity contribution < 1.29 is 18.0 Å². The standard InChI is InChI=1S/C20H20F3NO/c1-6-13(9-16(7-2)20(5,22)23)14-8-15(11-24)18(17(21)10-14)19(25)12(3)4/h6-10,12H,2H2,1,3-5H3/b13-6+,16-9+. The van der Waals surface area contributed by atoms with Crippen LogP contribution in [-0.2, 0) is 0 Å². The van der Waals surface area contributed by atoms with Crippen molar-refractivity contribution in [2.24, 2.45) is 5.92 Å². The smallest absolute Gasteiger partial charge is 0.270 e. The first kappa shape index (κ1) is 20.4. The fourth-order valence-electron chi connectivity index (χ4n) is 2.27. The molecule has 0 unspecified atom stereocenters. The summed E-state index contributed by atoms with van der Waals surface area (Å²) in [4.78, 5) is 12.1. The van der Waals surface area contributed by atoms with Crippen LogP contribution in [-0.4, -0.2) is 11.7 Å². The zero-order chi connectivity index (χ0) is 19.4. The van der Waals surface area contributed by atoms with E-state index in [9.17, 15) is 23.2 Å². The highest BCUT2D eigenvalue weighted by molar-refractivity contribution is 6.00. The maximum atomic E-state index is 14.5. The third-order valence-corrected chi connectivity index (χ3v) is 3.66. The molecular weight excluding hydrogens is 327 g/mol. The Morgan fingerprint density at radius 3 is 2.36 bits per heavy atom. The van der Waals surface area contributed by atoms with E-state index in [1.807, 2.05) is 6.07 Å². The Bertz CT molecular complexity index is 790. The number of halogens is 3. The van der Waals surface area contributed by atoms with Gasteiger partial charge in [0.25, 0.3) is 5.92 Å². The number of nitriles is 1. The predicted molar refractivity (Wildman–Crippen MR) is 92.8 cm³/mol. The van der Waals surface area contributed by atoms with Gasteiger partial charge < -0.3 is 0 Å². The molecule has 0 aliphatic heterocycles. The van der Waals surface area contributed by atoms with Gasteiger partial charge in [0.05, 0.1) is 11.1 Å². The molecule has 0 aliphatic rings. The number of nitrogens with zero attached hydrogens (tertiary/aromatic N) is 1. The Morgan fingerprint density at radius 1 is 1.36 bits per heavy atom. The van der Waals surface area contributed by atoms with Crippen molar-refractivity contribution >= 4 is 11.4 Å². The summed E-state index contributed by atoms with van der Waals surface area (Å²) >= 11 is 0. The minimum atomic E-state index is -3.11.